The molecule has 2 heterocycles. The lowest BCUT2D eigenvalue weighted by Crippen LogP contribution is -2.55. The van der Waals surface area contributed by atoms with Crippen LogP contribution < -0.4 is 14.8 Å². The number of methoxy groups -OCH3 is 1. The molecule has 4 nitrogen and oxygen atoms in total. The molecule has 1 saturated heterocycles. The summed E-state index contributed by atoms with van der Waals surface area (Å²) in [4.78, 5) is 4.20. The molecule has 5 heteroatoms. The van der Waals surface area contributed by atoms with Gasteiger partial charge in [0, 0.05) is 25.4 Å². The smallest absolute Gasteiger partial charge is 0.236 e. The average molecular weight is 283 g/mol. The molecule has 1 N–H and O–H groups in total. The van der Waals surface area contributed by atoms with Crippen molar-refractivity contribution in [2.45, 2.75) is 31.8 Å². The number of halogens is 1. The largest absolute Gasteiger partial charge is 0.495 e. The molecule has 0 unspecified atom stereocenters. The summed E-state index contributed by atoms with van der Waals surface area (Å²) in [5.74, 6) is 1.11. The fourth-order valence-electron chi connectivity index (χ4n) is 2.96. The Morgan fingerprint density at radius 3 is 2.68 bits per heavy atom. The quantitative estimate of drug-likeness (QED) is 0.926. The van der Waals surface area contributed by atoms with Crippen molar-refractivity contribution in [2.75, 3.05) is 20.2 Å². The summed E-state index contributed by atoms with van der Waals surface area (Å²) in [6, 6.07) is 1.74. The molecule has 1 spiro atoms. The molecule has 2 aliphatic rings. The molecule has 0 amide bonds. The van der Waals surface area contributed by atoms with Crippen molar-refractivity contribution in [2.24, 2.45) is 5.41 Å². The number of ether oxygens (including phenoxy) is 2. The van der Waals surface area contributed by atoms with Gasteiger partial charge in [0.2, 0.25) is 5.88 Å². The fraction of sp³-hybridized carbons (Fsp3) is 0.643. The Morgan fingerprint density at radius 1 is 1.37 bits per heavy atom. The van der Waals surface area contributed by atoms with E-state index in [0.29, 0.717) is 22.1 Å². The van der Waals surface area contributed by atoms with E-state index in [2.05, 4.69) is 10.3 Å². The molecule has 1 aliphatic carbocycles. The maximum absolute atomic E-state index is 6.20. The molecule has 1 aromatic heterocycles. The number of hydrogen-bond acceptors (Lipinski definition) is 4. The topological polar surface area (TPSA) is 43.4 Å². The predicted octanol–water partition coefficient (Wildman–Crippen LogP) is 2.65. The van der Waals surface area contributed by atoms with Crippen molar-refractivity contribution in [3.8, 4) is 11.6 Å². The van der Waals surface area contributed by atoms with Gasteiger partial charge in [0.15, 0.2) is 0 Å². The molecule has 0 aromatic carbocycles. The highest BCUT2D eigenvalue weighted by Gasteiger charge is 2.40. The van der Waals surface area contributed by atoms with Gasteiger partial charge in [0.05, 0.1) is 7.11 Å². The Morgan fingerprint density at radius 2 is 2.11 bits per heavy atom. The van der Waals surface area contributed by atoms with Crippen LogP contribution in [-0.4, -0.2) is 31.3 Å². The van der Waals surface area contributed by atoms with Crippen molar-refractivity contribution < 1.29 is 9.47 Å². The van der Waals surface area contributed by atoms with Crippen LogP contribution in [0.25, 0.3) is 0 Å². The number of nitrogens with one attached hydrogen (secondary N) is 1. The molecule has 104 valence electrons. The van der Waals surface area contributed by atoms with Crippen LogP contribution in [-0.2, 0) is 0 Å². The van der Waals surface area contributed by atoms with Gasteiger partial charge in [-0.2, -0.15) is 0 Å². The van der Waals surface area contributed by atoms with Gasteiger partial charge in [-0.3, -0.25) is 0 Å². The van der Waals surface area contributed by atoms with Gasteiger partial charge in [-0.1, -0.05) is 11.6 Å². The maximum atomic E-state index is 6.20. The van der Waals surface area contributed by atoms with E-state index in [-0.39, 0.29) is 6.10 Å². The fourth-order valence-corrected chi connectivity index (χ4v) is 3.19. The summed E-state index contributed by atoms with van der Waals surface area (Å²) in [7, 11) is 1.60. The Kier molecular flexibility index (Phi) is 3.54. The normalized spacial score (nSPS) is 22.0. The van der Waals surface area contributed by atoms with E-state index >= 15 is 0 Å². The number of pyridine rings is 1. The van der Waals surface area contributed by atoms with Crippen molar-refractivity contribution in [1.82, 2.24) is 10.3 Å². The predicted molar refractivity (Wildman–Crippen MR) is 74.0 cm³/mol. The Hall–Kier alpha value is -1.00. The lowest BCUT2D eigenvalue weighted by atomic mass is 9.69. The highest BCUT2D eigenvalue weighted by molar-refractivity contribution is 6.33. The summed E-state index contributed by atoms with van der Waals surface area (Å²) < 4.78 is 11.1. The highest BCUT2D eigenvalue weighted by Crippen LogP contribution is 2.41. The van der Waals surface area contributed by atoms with Gasteiger partial charge in [-0.15, -0.1) is 0 Å². The van der Waals surface area contributed by atoms with Gasteiger partial charge in [0.1, 0.15) is 16.9 Å². The molecule has 2 fully saturated rings. The van der Waals surface area contributed by atoms with Crippen LogP contribution in [0.1, 0.15) is 25.7 Å². The second-order valence-corrected chi connectivity index (χ2v) is 5.93. The van der Waals surface area contributed by atoms with Crippen molar-refractivity contribution in [1.29, 1.82) is 0 Å². The minimum Gasteiger partial charge on any atom is -0.495 e. The van der Waals surface area contributed by atoms with E-state index in [1.165, 1.54) is 12.8 Å². The Balaban J connectivity index is 1.63. The second kappa shape index (κ2) is 5.17. The maximum Gasteiger partial charge on any atom is 0.236 e. The zero-order chi connectivity index (χ0) is 13.3. The first-order chi connectivity index (χ1) is 9.22. The summed E-state index contributed by atoms with van der Waals surface area (Å²) in [6.07, 6.45) is 6.51. The third-order valence-electron chi connectivity index (χ3n) is 4.31. The average Bonchev–Trinajstić information content (AvgIpc) is 2.40. The van der Waals surface area contributed by atoms with Crippen molar-refractivity contribution >= 4 is 11.6 Å². The zero-order valence-electron chi connectivity index (χ0n) is 11.1. The van der Waals surface area contributed by atoms with Crippen molar-refractivity contribution in [3.63, 3.8) is 0 Å². The minimum absolute atomic E-state index is 0.225. The molecule has 0 atom stereocenters. The lowest BCUT2D eigenvalue weighted by molar-refractivity contribution is 0.0402. The highest BCUT2D eigenvalue weighted by atomic mass is 35.5. The van der Waals surface area contributed by atoms with E-state index in [1.807, 2.05) is 0 Å². The van der Waals surface area contributed by atoms with Crippen molar-refractivity contribution in [3.05, 3.63) is 17.3 Å². The molecule has 1 aliphatic heterocycles. The van der Waals surface area contributed by atoms with Gasteiger partial charge in [-0.25, -0.2) is 4.98 Å². The molecule has 1 saturated carbocycles. The van der Waals surface area contributed by atoms with E-state index in [9.17, 15) is 0 Å². The molecular formula is C14H19ClN2O2. The first-order valence-electron chi connectivity index (χ1n) is 6.78. The third kappa shape index (κ3) is 2.51. The Bertz CT molecular complexity index is 453. The summed E-state index contributed by atoms with van der Waals surface area (Å²) in [6.45, 7) is 2.33. The SMILES string of the molecule is COc1ccnc(OC2CCC3(CC2)CNC3)c1Cl. The summed E-state index contributed by atoms with van der Waals surface area (Å²) >= 11 is 6.20. The van der Waals surface area contributed by atoms with E-state index in [4.69, 9.17) is 21.1 Å². The number of hydrogen-bond donors (Lipinski definition) is 1. The molecule has 3 rings (SSSR count). The molecule has 0 radical (unpaired) electrons. The van der Waals surface area contributed by atoms with Crippen LogP contribution in [0.5, 0.6) is 11.6 Å². The van der Waals surface area contributed by atoms with Crippen LogP contribution in [0.4, 0.5) is 0 Å². The zero-order valence-corrected chi connectivity index (χ0v) is 11.9. The molecule has 19 heavy (non-hydrogen) atoms. The van der Waals surface area contributed by atoms with E-state index < -0.39 is 0 Å². The van der Waals surface area contributed by atoms with Crippen LogP contribution in [0, 0.1) is 5.41 Å². The third-order valence-corrected chi connectivity index (χ3v) is 4.66. The molecular weight excluding hydrogens is 264 g/mol. The first kappa shape index (κ1) is 13.0. The lowest BCUT2D eigenvalue weighted by Gasteiger charge is -2.47. The molecule has 0 bridgehead atoms. The van der Waals surface area contributed by atoms with E-state index in [1.54, 1.807) is 19.4 Å². The van der Waals surface area contributed by atoms with Crippen LogP contribution in [0.2, 0.25) is 5.02 Å². The van der Waals surface area contributed by atoms with Gasteiger partial charge < -0.3 is 14.8 Å². The number of nitrogens with zero attached hydrogens (tertiary/aromatic N) is 1. The minimum atomic E-state index is 0.225. The Labute approximate surface area is 118 Å². The van der Waals surface area contributed by atoms with Gasteiger partial charge >= 0.3 is 0 Å². The van der Waals surface area contributed by atoms with Crippen LogP contribution in [0.15, 0.2) is 12.3 Å². The summed E-state index contributed by atoms with van der Waals surface area (Å²) in [5.41, 5.74) is 0.547. The number of rotatable bonds is 3. The van der Waals surface area contributed by atoms with Crippen LogP contribution in [0.3, 0.4) is 0 Å². The standard InChI is InChI=1S/C14H19ClN2O2/c1-18-11-4-7-17-13(12(11)15)19-10-2-5-14(6-3-10)8-16-9-14/h4,7,10,16H,2-3,5-6,8-9H2,1H3. The van der Waals surface area contributed by atoms with Gasteiger partial charge in [0.25, 0.3) is 0 Å². The second-order valence-electron chi connectivity index (χ2n) is 5.55. The number of aromatic nitrogens is 1. The van der Waals surface area contributed by atoms with Crippen LogP contribution >= 0.6 is 11.6 Å². The summed E-state index contributed by atoms with van der Waals surface area (Å²) in [5, 5.41) is 3.84. The monoisotopic (exact) mass is 282 g/mol. The molecule has 1 aromatic rings. The first-order valence-corrected chi connectivity index (χ1v) is 7.16. The van der Waals surface area contributed by atoms with Gasteiger partial charge in [-0.05, 0) is 31.1 Å². The van der Waals surface area contributed by atoms with E-state index in [0.717, 1.165) is 25.9 Å².